The maximum Gasteiger partial charge on any atom is 0.298 e. The second-order valence-electron chi connectivity index (χ2n) is 6.60. The third-order valence-corrected chi connectivity index (χ3v) is 4.53. The molecule has 1 amide bonds. The lowest BCUT2D eigenvalue weighted by Crippen LogP contribution is -2.30. The highest BCUT2D eigenvalue weighted by molar-refractivity contribution is 5.94. The number of amides is 1. The third kappa shape index (κ3) is 4.25. The summed E-state index contributed by atoms with van der Waals surface area (Å²) in [6, 6.07) is 8.21. The van der Waals surface area contributed by atoms with Crippen molar-refractivity contribution in [2.75, 3.05) is 6.61 Å². The minimum Gasteiger partial charge on any atom is -0.390 e. The fourth-order valence-corrected chi connectivity index (χ4v) is 2.93. The lowest BCUT2D eigenvalue weighted by atomic mass is 10.00. The fourth-order valence-electron chi connectivity index (χ4n) is 2.93. The molecule has 6 nitrogen and oxygen atoms in total. The Morgan fingerprint density at radius 1 is 1.23 bits per heavy atom. The molecule has 0 bridgehead atoms. The van der Waals surface area contributed by atoms with E-state index in [0.29, 0.717) is 5.69 Å². The Morgan fingerprint density at radius 3 is 2.67 bits per heavy atom. The van der Waals surface area contributed by atoms with E-state index in [2.05, 4.69) is 10.3 Å². The van der Waals surface area contributed by atoms with Gasteiger partial charge in [-0.3, -0.25) is 19.1 Å². The summed E-state index contributed by atoms with van der Waals surface area (Å²) in [5, 5.41) is 11.3. The molecule has 0 unspecified atom stereocenters. The average Bonchev–Trinajstić information content (AvgIpc) is 2.74. The van der Waals surface area contributed by atoms with Gasteiger partial charge in [0.15, 0.2) is 0 Å². The molecule has 9 heteroatoms. The number of rotatable bonds is 6. The van der Waals surface area contributed by atoms with Crippen LogP contribution in [0, 0.1) is 5.82 Å². The second kappa shape index (κ2) is 8.50. The second-order valence-corrected chi connectivity index (χ2v) is 6.60. The number of pyridine rings is 2. The van der Waals surface area contributed by atoms with Gasteiger partial charge in [-0.1, -0.05) is 12.1 Å². The number of halogens is 3. The molecule has 0 aliphatic heterocycles. The molecule has 2 heterocycles. The molecule has 156 valence electrons. The summed E-state index contributed by atoms with van der Waals surface area (Å²) in [4.78, 5) is 28.7. The molecule has 1 atom stereocenters. The zero-order chi connectivity index (χ0) is 21.9. The summed E-state index contributed by atoms with van der Waals surface area (Å²) in [5.74, 6) is -5.58. The van der Waals surface area contributed by atoms with Crippen LogP contribution in [0.15, 0.2) is 65.8 Å². The van der Waals surface area contributed by atoms with Gasteiger partial charge in [0.25, 0.3) is 17.4 Å². The molecule has 0 aliphatic carbocycles. The summed E-state index contributed by atoms with van der Waals surface area (Å²) >= 11 is 0. The topological polar surface area (TPSA) is 84.2 Å². The van der Waals surface area contributed by atoms with Crippen LogP contribution in [-0.4, -0.2) is 27.2 Å². The van der Waals surface area contributed by atoms with Crippen molar-refractivity contribution in [3.63, 3.8) is 0 Å². The van der Waals surface area contributed by atoms with Crippen molar-refractivity contribution < 1.29 is 23.1 Å². The van der Waals surface area contributed by atoms with Crippen LogP contribution < -0.4 is 10.9 Å². The summed E-state index contributed by atoms with van der Waals surface area (Å²) in [6.45, 7) is -0.0989. The standard InChI is InChI=1S/C21H18F3N3O3/c1-13(16-5-2-6-17(19(16)22)21(23,24)12-28)26-20(30)14-7-8-18(29)27(11-14)15-4-3-9-25-10-15/h2-11,13,28H,12H2,1H3,(H,26,30)/t13-/m1/s1. The lowest BCUT2D eigenvalue weighted by Gasteiger charge is -2.20. The quantitative estimate of drug-likeness (QED) is 0.646. The number of carbonyl (C=O) groups excluding carboxylic acids is 1. The fraction of sp³-hybridized carbons (Fsp3) is 0.190. The molecule has 0 aliphatic rings. The first kappa shape index (κ1) is 21.3. The van der Waals surface area contributed by atoms with Crippen molar-refractivity contribution in [3.8, 4) is 5.69 Å². The van der Waals surface area contributed by atoms with E-state index >= 15 is 0 Å². The van der Waals surface area contributed by atoms with Crippen molar-refractivity contribution in [1.82, 2.24) is 14.9 Å². The number of hydrogen-bond donors (Lipinski definition) is 2. The van der Waals surface area contributed by atoms with Crippen LogP contribution in [0.4, 0.5) is 13.2 Å². The summed E-state index contributed by atoms with van der Waals surface area (Å²) in [6.07, 6.45) is 4.30. The van der Waals surface area contributed by atoms with Gasteiger partial charge in [0, 0.05) is 24.0 Å². The molecule has 2 N–H and O–H groups in total. The molecule has 2 aromatic heterocycles. The van der Waals surface area contributed by atoms with Gasteiger partial charge in [0.1, 0.15) is 12.4 Å². The van der Waals surface area contributed by atoms with Gasteiger partial charge in [-0.2, -0.15) is 8.78 Å². The SMILES string of the molecule is C[C@@H](NC(=O)c1ccc(=O)n(-c2cccnc2)c1)c1cccc(C(F)(F)CO)c1F. The molecule has 0 saturated carbocycles. The van der Waals surface area contributed by atoms with Gasteiger partial charge in [-0.05, 0) is 31.2 Å². The van der Waals surface area contributed by atoms with Crippen LogP contribution in [0.25, 0.3) is 5.69 Å². The molecular formula is C21H18F3N3O3. The number of carbonyl (C=O) groups is 1. The van der Waals surface area contributed by atoms with Gasteiger partial charge in [-0.15, -0.1) is 0 Å². The number of aromatic nitrogens is 2. The van der Waals surface area contributed by atoms with Gasteiger partial charge >= 0.3 is 0 Å². The van der Waals surface area contributed by atoms with E-state index in [1.165, 1.54) is 54.3 Å². The van der Waals surface area contributed by atoms with E-state index < -0.39 is 35.9 Å². The molecule has 1 aromatic carbocycles. The maximum atomic E-state index is 14.6. The molecule has 30 heavy (non-hydrogen) atoms. The monoisotopic (exact) mass is 417 g/mol. The van der Waals surface area contributed by atoms with Crippen LogP contribution in [0.3, 0.4) is 0 Å². The summed E-state index contributed by atoms with van der Waals surface area (Å²) < 4.78 is 43.3. The summed E-state index contributed by atoms with van der Waals surface area (Å²) in [7, 11) is 0. The Kier molecular flexibility index (Phi) is 6.02. The highest BCUT2D eigenvalue weighted by Gasteiger charge is 2.35. The van der Waals surface area contributed by atoms with E-state index in [4.69, 9.17) is 5.11 Å². The van der Waals surface area contributed by atoms with E-state index in [-0.39, 0.29) is 16.7 Å². The molecule has 0 fully saturated rings. The van der Waals surface area contributed by atoms with Crippen LogP contribution in [0.2, 0.25) is 0 Å². The third-order valence-electron chi connectivity index (χ3n) is 4.53. The highest BCUT2D eigenvalue weighted by Crippen LogP contribution is 2.32. The minimum absolute atomic E-state index is 0.113. The van der Waals surface area contributed by atoms with Gasteiger partial charge < -0.3 is 10.4 Å². The van der Waals surface area contributed by atoms with Crippen molar-refractivity contribution >= 4 is 5.91 Å². The van der Waals surface area contributed by atoms with Crippen LogP contribution in [-0.2, 0) is 5.92 Å². The van der Waals surface area contributed by atoms with Crippen LogP contribution in [0.1, 0.15) is 34.5 Å². The predicted molar refractivity (Wildman–Crippen MR) is 103 cm³/mol. The Hall–Kier alpha value is -3.46. The number of aliphatic hydroxyl groups is 1. The molecule has 0 saturated heterocycles. The number of alkyl halides is 2. The first-order valence-electron chi connectivity index (χ1n) is 8.96. The Morgan fingerprint density at radius 2 is 2.00 bits per heavy atom. The van der Waals surface area contributed by atoms with Crippen LogP contribution >= 0.6 is 0 Å². The van der Waals surface area contributed by atoms with Crippen molar-refractivity contribution in [2.24, 2.45) is 0 Å². The molecular weight excluding hydrogens is 399 g/mol. The highest BCUT2D eigenvalue weighted by atomic mass is 19.3. The van der Waals surface area contributed by atoms with Gasteiger partial charge in [0.05, 0.1) is 29.1 Å². The molecule has 3 aromatic rings. The molecule has 0 radical (unpaired) electrons. The zero-order valence-electron chi connectivity index (χ0n) is 15.8. The Balaban J connectivity index is 1.87. The first-order valence-corrected chi connectivity index (χ1v) is 8.96. The Labute approximate surface area is 169 Å². The average molecular weight is 417 g/mol. The maximum absolute atomic E-state index is 14.6. The normalized spacial score (nSPS) is 12.4. The van der Waals surface area contributed by atoms with Crippen molar-refractivity contribution in [1.29, 1.82) is 0 Å². The van der Waals surface area contributed by atoms with Gasteiger partial charge in [0.2, 0.25) is 0 Å². The van der Waals surface area contributed by atoms with E-state index in [1.807, 2.05) is 0 Å². The molecule has 3 rings (SSSR count). The lowest BCUT2D eigenvalue weighted by molar-refractivity contribution is -0.0584. The molecule has 0 spiro atoms. The number of nitrogens with one attached hydrogen (secondary N) is 1. The largest absolute Gasteiger partial charge is 0.390 e. The predicted octanol–water partition coefficient (Wildman–Crippen LogP) is 2.95. The van der Waals surface area contributed by atoms with Crippen molar-refractivity contribution in [2.45, 2.75) is 18.9 Å². The minimum atomic E-state index is -3.75. The zero-order valence-corrected chi connectivity index (χ0v) is 15.8. The van der Waals surface area contributed by atoms with Crippen molar-refractivity contribution in [3.05, 3.63) is 93.9 Å². The Bertz CT molecular complexity index is 1120. The van der Waals surface area contributed by atoms with E-state index in [1.54, 1.807) is 12.1 Å². The number of aliphatic hydroxyl groups excluding tert-OH is 1. The smallest absolute Gasteiger partial charge is 0.298 e. The van der Waals surface area contributed by atoms with Crippen LogP contribution in [0.5, 0.6) is 0 Å². The number of hydrogen-bond acceptors (Lipinski definition) is 4. The number of nitrogens with zero attached hydrogens (tertiary/aromatic N) is 2. The van der Waals surface area contributed by atoms with E-state index in [9.17, 15) is 22.8 Å². The first-order chi connectivity index (χ1) is 14.2. The number of benzene rings is 1. The summed E-state index contributed by atoms with van der Waals surface area (Å²) in [5.41, 5.74) is -0.918. The van der Waals surface area contributed by atoms with E-state index in [0.717, 1.165) is 6.07 Å². The van der Waals surface area contributed by atoms with Gasteiger partial charge in [-0.25, -0.2) is 4.39 Å².